The number of rotatable bonds is 7. The SMILES string of the molecule is CCCC(N)CC(=O)CCc1ccccc1. The van der Waals surface area contributed by atoms with E-state index in [0.717, 1.165) is 19.3 Å². The summed E-state index contributed by atoms with van der Waals surface area (Å²) in [6.07, 6.45) is 3.96. The van der Waals surface area contributed by atoms with Crippen molar-refractivity contribution in [3.8, 4) is 0 Å². The molecule has 88 valence electrons. The Morgan fingerprint density at radius 2 is 2.00 bits per heavy atom. The smallest absolute Gasteiger partial charge is 0.134 e. The van der Waals surface area contributed by atoms with E-state index in [9.17, 15) is 4.79 Å². The Kier molecular flexibility index (Phi) is 5.79. The van der Waals surface area contributed by atoms with Gasteiger partial charge in [0.15, 0.2) is 0 Å². The van der Waals surface area contributed by atoms with Gasteiger partial charge in [-0.2, -0.15) is 0 Å². The van der Waals surface area contributed by atoms with E-state index in [-0.39, 0.29) is 11.8 Å². The predicted octanol–water partition coefficient (Wildman–Crippen LogP) is 2.71. The van der Waals surface area contributed by atoms with Crippen LogP contribution in [0.15, 0.2) is 30.3 Å². The van der Waals surface area contributed by atoms with Crippen molar-refractivity contribution in [1.82, 2.24) is 0 Å². The molecule has 0 aliphatic heterocycles. The van der Waals surface area contributed by atoms with Crippen LogP contribution >= 0.6 is 0 Å². The molecule has 0 aromatic heterocycles. The highest BCUT2D eigenvalue weighted by molar-refractivity contribution is 5.79. The van der Waals surface area contributed by atoms with Crippen LogP contribution in [0.4, 0.5) is 0 Å². The summed E-state index contributed by atoms with van der Waals surface area (Å²) in [4.78, 5) is 11.6. The second-order valence-corrected chi connectivity index (χ2v) is 4.28. The zero-order valence-electron chi connectivity index (χ0n) is 9.99. The van der Waals surface area contributed by atoms with Crippen LogP contribution < -0.4 is 5.73 Å². The molecule has 0 radical (unpaired) electrons. The number of aryl methyl sites for hydroxylation is 1. The molecule has 1 rings (SSSR count). The van der Waals surface area contributed by atoms with Gasteiger partial charge in [-0.05, 0) is 18.4 Å². The Bertz CT molecular complexity index is 308. The Morgan fingerprint density at radius 3 is 2.62 bits per heavy atom. The summed E-state index contributed by atoms with van der Waals surface area (Å²) >= 11 is 0. The number of carbonyl (C=O) groups is 1. The van der Waals surface area contributed by atoms with Gasteiger partial charge in [0.05, 0.1) is 0 Å². The molecule has 0 aliphatic rings. The minimum absolute atomic E-state index is 0.0493. The van der Waals surface area contributed by atoms with Crippen molar-refractivity contribution in [1.29, 1.82) is 0 Å². The largest absolute Gasteiger partial charge is 0.327 e. The van der Waals surface area contributed by atoms with Gasteiger partial charge in [-0.1, -0.05) is 43.7 Å². The molecule has 0 saturated carbocycles. The van der Waals surface area contributed by atoms with Crippen LogP contribution in [0.2, 0.25) is 0 Å². The Morgan fingerprint density at radius 1 is 1.31 bits per heavy atom. The number of carbonyl (C=O) groups excluding carboxylic acids is 1. The standard InChI is InChI=1S/C14H21NO/c1-2-6-13(15)11-14(16)10-9-12-7-4-3-5-8-12/h3-5,7-8,13H,2,6,9-11,15H2,1H3. The molecule has 1 aromatic rings. The molecule has 0 heterocycles. The maximum absolute atomic E-state index is 11.6. The molecule has 0 aliphatic carbocycles. The molecule has 16 heavy (non-hydrogen) atoms. The van der Waals surface area contributed by atoms with E-state index >= 15 is 0 Å². The quantitative estimate of drug-likeness (QED) is 0.766. The summed E-state index contributed by atoms with van der Waals surface area (Å²) < 4.78 is 0. The lowest BCUT2D eigenvalue weighted by Gasteiger charge is -2.08. The Labute approximate surface area is 97.9 Å². The first-order valence-electron chi connectivity index (χ1n) is 6.03. The number of Topliss-reactive ketones (excluding diaryl/α,β-unsaturated/α-hetero) is 1. The molecule has 1 unspecified atom stereocenters. The van der Waals surface area contributed by atoms with Crippen molar-refractivity contribution < 1.29 is 4.79 Å². The molecular formula is C14H21NO. The van der Waals surface area contributed by atoms with Crippen LogP contribution in [-0.2, 0) is 11.2 Å². The van der Waals surface area contributed by atoms with Crippen LogP contribution in [0.1, 0.15) is 38.2 Å². The van der Waals surface area contributed by atoms with Crippen LogP contribution in [0.25, 0.3) is 0 Å². The van der Waals surface area contributed by atoms with Gasteiger partial charge < -0.3 is 5.73 Å². The third-order valence-corrected chi connectivity index (χ3v) is 2.68. The van der Waals surface area contributed by atoms with Crippen LogP contribution in [0, 0.1) is 0 Å². The second kappa shape index (κ2) is 7.18. The zero-order chi connectivity index (χ0) is 11.8. The molecule has 0 amide bonds. The predicted molar refractivity (Wildman–Crippen MR) is 67.3 cm³/mol. The minimum atomic E-state index is 0.0493. The number of ketones is 1. The summed E-state index contributed by atoms with van der Waals surface area (Å²) in [6.45, 7) is 2.09. The van der Waals surface area contributed by atoms with Gasteiger partial charge in [0.1, 0.15) is 5.78 Å². The Hall–Kier alpha value is -1.15. The average Bonchev–Trinajstić information content (AvgIpc) is 2.28. The molecule has 1 atom stereocenters. The maximum atomic E-state index is 11.6. The van der Waals surface area contributed by atoms with Crippen molar-refractivity contribution in [2.24, 2.45) is 5.73 Å². The fourth-order valence-corrected chi connectivity index (χ4v) is 1.80. The van der Waals surface area contributed by atoms with Crippen molar-refractivity contribution >= 4 is 5.78 Å². The van der Waals surface area contributed by atoms with Crippen molar-refractivity contribution in [3.63, 3.8) is 0 Å². The molecule has 0 bridgehead atoms. The second-order valence-electron chi connectivity index (χ2n) is 4.28. The van der Waals surface area contributed by atoms with Gasteiger partial charge in [-0.3, -0.25) is 4.79 Å². The number of nitrogens with two attached hydrogens (primary N) is 1. The van der Waals surface area contributed by atoms with Crippen LogP contribution in [0.3, 0.4) is 0 Å². The molecule has 2 N–H and O–H groups in total. The van der Waals surface area contributed by atoms with E-state index in [2.05, 4.69) is 19.1 Å². The van der Waals surface area contributed by atoms with E-state index in [1.165, 1.54) is 5.56 Å². The van der Waals surface area contributed by atoms with E-state index in [1.807, 2.05) is 18.2 Å². The van der Waals surface area contributed by atoms with E-state index < -0.39 is 0 Å². The van der Waals surface area contributed by atoms with Gasteiger partial charge in [0, 0.05) is 18.9 Å². The highest BCUT2D eigenvalue weighted by Crippen LogP contribution is 2.06. The topological polar surface area (TPSA) is 43.1 Å². The van der Waals surface area contributed by atoms with Crippen molar-refractivity contribution in [3.05, 3.63) is 35.9 Å². The van der Waals surface area contributed by atoms with Crippen LogP contribution in [-0.4, -0.2) is 11.8 Å². The average molecular weight is 219 g/mol. The molecular weight excluding hydrogens is 198 g/mol. The normalized spacial score (nSPS) is 12.4. The highest BCUT2D eigenvalue weighted by atomic mass is 16.1. The first kappa shape index (κ1) is 12.9. The first-order chi connectivity index (χ1) is 7.72. The summed E-state index contributed by atoms with van der Waals surface area (Å²) in [5, 5.41) is 0. The van der Waals surface area contributed by atoms with Gasteiger partial charge in [-0.25, -0.2) is 0 Å². The van der Waals surface area contributed by atoms with Gasteiger partial charge in [0.25, 0.3) is 0 Å². The molecule has 0 saturated heterocycles. The third kappa shape index (κ3) is 5.08. The zero-order valence-corrected chi connectivity index (χ0v) is 9.99. The molecule has 1 aromatic carbocycles. The molecule has 0 fully saturated rings. The summed E-state index contributed by atoms with van der Waals surface area (Å²) in [7, 11) is 0. The minimum Gasteiger partial charge on any atom is -0.327 e. The van der Waals surface area contributed by atoms with Crippen molar-refractivity contribution in [2.45, 2.75) is 45.1 Å². The number of hydrogen-bond donors (Lipinski definition) is 1. The fraction of sp³-hybridized carbons (Fsp3) is 0.500. The first-order valence-corrected chi connectivity index (χ1v) is 6.03. The fourth-order valence-electron chi connectivity index (χ4n) is 1.80. The number of hydrogen-bond acceptors (Lipinski definition) is 2. The summed E-state index contributed by atoms with van der Waals surface area (Å²) in [6, 6.07) is 10.2. The van der Waals surface area contributed by atoms with Gasteiger partial charge in [0.2, 0.25) is 0 Å². The molecule has 0 spiro atoms. The lowest BCUT2D eigenvalue weighted by molar-refractivity contribution is -0.119. The molecule has 2 heteroatoms. The maximum Gasteiger partial charge on any atom is 0.134 e. The number of benzene rings is 1. The van der Waals surface area contributed by atoms with Gasteiger partial charge >= 0.3 is 0 Å². The van der Waals surface area contributed by atoms with E-state index in [1.54, 1.807) is 0 Å². The monoisotopic (exact) mass is 219 g/mol. The Balaban J connectivity index is 2.25. The lowest BCUT2D eigenvalue weighted by Crippen LogP contribution is -2.23. The van der Waals surface area contributed by atoms with E-state index in [0.29, 0.717) is 12.8 Å². The van der Waals surface area contributed by atoms with E-state index in [4.69, 9.17) is 5.73 Å². The third-order valence-electron chi connectivity index (χ3n) is 2.68. The molecule has 2 nitrogen and oxygen atoms in total. The summed E-state index contributed by atoms with van der Waals surface area (Å²) in [5.74, 6) is 0.282. The van der Waals surface area contributed by atoms with Crippen molar-refractivity contribution in [2.75, 3.05) is 0 Å². The van der Waals surface area contributed by atoms with Gasteiger partial charge in [-0.15, -0.1) is 0 Å². The van der Waals surface area contributed by atoms with Crippen LogP contribution in [0.5, 0.6) is 0 Å². The summed E-state index contributed by atoms with van der Waals surface area (Å²) in [5.41, 5.74) is 7.06. The lowest BCUT2D eigenvalue weighted by atomic mass is 10.0. The highest BCUT2D eigenvalue weighted by Gasteiger charge is 2.08.